The summed E-state index contributed by atoms with van der Waals surface area (Å²) in [4.78, 5) is 17.5. The smallest absolute Gasteiger partial charge is 0.243 e. The van der Waals surface area contributed by atoms with Crippen molar-refractivity contribution in [3.63, 3.8) is 0 Å². The Labute approximate surface area is 212 Å². The summed E-state index contributed by atoms with van der Waals surface area (Å²) in [6, 6.07) is 12.9. The van der Waals surface area contributed by atoms with Crippen molar-refractivity contribution in [2.45, 2.75) is 62.8 Å². The number of sulfonamides is 1. The molecule has 1 aliphatic rings. The topological polar surface area (TPSA) is 79.4 Å². The number of rotatable bonds is 7. The zero-order chi connectivity index (χ0) is 25.0. The minimum atomic E-state index is -3.49. The molecule has 1 saturated heterocycles. The van der Waals surface area contributed by atoms with Crippen LogP contribution in [0.25, 0.3) is 10.9 Å². The van der Waals surface area contributed by atoms with Gasteiger partial charge >= 0.3 is 0 Å². The van der Waals surface area contributed by atoms with Crippen LogP contribution < -0.4 is 5.32 Å². The van der Waals surface area contributed by atoms with Gasteiger partial charge in [-0.15, -0.1) is 11.8 Å². The number of anilines is 1. The van der Waals surface area contributed by atoms with Crippen molar-refractivity contribution in [1.29, 1.82) is 0 Å². The second-order valence-electron chi connectivity index (χ2n) is 9.24. The lowest BCUT2D eigenvalue weighted by Crippen LogP contribution is -2.31. The molecule has 8 heteroatoms. The van der Waals surface area contributed by atoms with Crippen molar-refractivity contribution in [3.8, 4) is 0 Å². The number of hydrogen-bond donors (Lipinski definition) is 1. The molecule has 35 heavy (non-hydrogen) atoms. The highest BCUT2D eigenvalue weighted by molar-refractivity contribution is 7.99. The van der Waals surface area contributed by atoms with Crippen LogP contribution in [0.4, 0.5) is 5.69 Å². The fraction of sp³-hybridized carbons (Fsp3) is 0.407. The number of aryl methyl sites for hydroxylation is 3. The van der Waals surface area contributed by atoms with Crippen molar-refractivity contribution in [2.24, 2.45) is 0 Å². The predicted octanol–water partition coefficient (Wildman–Crippen LogP) is 5.85. The van der Waals surface area contributed by atoms with E-state index in [2.05, 4.69) is 44.3 Å². The van der Waals surface area contributed by atoms with E-state index in [0.717, 1.165) is 41.8 Å². The number of hydrogen-bond acceptors (Lipinski definition) is 5. The number of thioether (sulfide) groups is 1. The number of nitrogens with one attached hydrogen (secondary N) is 1. The van der Waals surface area contributed by atoms with Crippen LogP contribution in [0, 0.1) is 20.8 Å². The van der Waals surface area contributed by atoms with E-state index in [0.29, 0.717) is 31.0 Å². The van der Waals surface area contributed by atoms with Gasteiger partial charge in [0.2, 0.25) is 15.9 Å². The van der Waals surface area contributed by atoms with Crippen molar-refractivity contribution in [3.05, 3.63) is 59.2 Å². The molecule has 2 heterocycles. The molecule has 6 nitrogen and oxygen atoms in total. The number of aromatic nitrogens is 1. The lowest BCUT2D eigenvalue weighted by molar-refractivity contribution is -0.115. The van der Waals surface area contributed by atoms with E-state index in [4.69, 9.17) is 4.98 Å². The van der Waals surface area contributed by atoms with Gasteiger partial charge in [0.1, 0.15) is 0 Å². The van der Waals surface area contributed by atoms with E-state index in [1.54, 1.807) is 40.3 Å². The minimum Gasteiger partial charge on any atom is -0.326 e. The molecule has 0 radical (unpaired) electrons. The van der Waals surface area contributed by atoms with Crippen molar-refractivity contribution in [2.75, 3.05) is 24.2 Å². The zero-order valence-corrected chi connectivity index (χ0v) is 22.3. The van der Waals surface area contributed by atoms with Crippen LogP contribution in [0.1, 0.15) is 48.8 Å². The molecule has 3 aromatic rings. The molecule has 0 unspecified atom stereocenters. The van der Waals surface area contributed by atoms with Gasteiger partial charge in [-0.3, -0.25) is 4.79 Å². The molecule has 0 spiro atoms. The first-order chi connectivity index (χ1) is 16.7. The first-order valence-corrected chi connectivity index (χ1v) is 14.6. The molecular formula is C27H33N3O3S2. The Morgan fingerprint density at radius 1 is 0.971 bits per heavy atom. The van der Waals surface area contributed by atoms with Crippen LogP contribution in [0.3, 0.4) is 0 Å². The number of carbonyl (C=O) groups is 1. The summed E-state index contributed by atoms with van der Waals surface area (Å²) in [6.07, 6.45) is 4.29. The van der Waals surface area contributed by atoms with Gasteiger partial charge in [0.25, 0.3) is 0 Å². The molecule has 0 bridgehead atoms. The number of fused-ring (bicyclic) bond motifs is 1. The molecular weight excluding hydrogens is 478 g/mol. The summed E-state index contributed by atoms with van der Waals surface area (Å²) in [5, 5.41) is 4.96. The van der Waals surface area contributed by atoms with Crippen LogP contribution >= 0.6 is 11.8 Å². The van der Waals surface area contributed by atoms with Gasteiger partial charge in [0.15, 0.2) is 0 Å². The minimum absolute atomic E-state index is 0.107. The second-order valence-corrected chi connectivity index (χ2v) is 12.3. The van der Waals surface area contributed by atoms with E-state index in [1.807, 2.05) is 0 Å². The first kappa shape index (κ1) is 25.7. The third kappa shape index (κ3) is 6.23. The van der Waals surface area contributed by atoms with Gasteiger partial charge in [0, 0.05) is 36.3 Å². The molecule has 1 aromatic heterocycles. The SMILES string of the molecule is Cc1cc(C)c2nc(SCCC(=O)Nc3ccc(S(=O)(=O)N4CCCCCC4)cc3)cc(C)c2c1. The predicted molar refractivity (Wildman–Crippen MR) is 144 cm³/mol. The lowest BCUT2D eigenvalue weighted by Gasteiger charge is -2.20. The van der Waals surface area contributed by atoms with Gasteiger partial charge in [-0.05, 0) is 81.1 Å². The van der Waals surface area contributed by atoms with Crippen molar-refractivity contribution in [1.82, 2.24) is 9.29 Å². The van der Waals surface area contributed by atoms with Crippen molar-refractivity contribution < 1.29 is 13.2 Å². The second kappa shape index (κ2) is 11.1. The van der Waals surface area contributed by atoms with Crippen LogP contribution in [-0.4, -0.2) is 42.5 Å². The Morgan fingerprint density at radius 3 is 2.34 bits per heavy atom. The number of amides is 1. The fourth-order valence-corrected chi connectivity index (χ4v) is 6.93. The molecule has 186 valence electrons. The molecule has 0 atom stereocenters. The monoisotopic (exact) mass is 511 g/mol. The molecule has 1 N–H and O–H groups in total. The maximum Gasteiger partial charge on any atom is 0.243 e. The summed E-state index contributed by atoms with van der Waals surface area (Å²) < 4.78 is 27.4. The number of nitrogens with zero attached hydrogens (tertiary/aromatic N) is 2. The number of benzene rings is 2. The van der Waals surface area contributed by atoms with Gasteiger partial charge in [-0.25, -0.2) is 13.4 Å². The fourth-order valence-electron chi connectivity index (χ4n) is 4.50. The van der Waals surface area contributed by atoms with Gasteiger partial charge in [0.05, 0.1) is 15.4 Å². The van der Waals surface area contributed by atoms with Crippen LogP contribution in [-0.2, 0) is 14.8 Å². The molecule has 1 fully saturated rings. The van der Waals surface area contributed by atoms with Crippen LogP contribution in [0.2, 0.25) is 0 Å². The number of pyridine rings is 1. The number of carbonyl (C=O) groups excluding carboxylic acids is 1. The Bertz CT molecular complexity index is 1310. The van der Waals surface area contributed by atoms with E-state index in [9.17, 15) is 13.2 Å². The Morgan fingerprint density at radius 2 is 1.66 bits per heavy atom. The van der Waals surface area contributed by atoms with Gasteiger partial charge < -0.3 is 5.32 Å². The highest BCUT2D eigenvalue weighted by Crippen LogP contribution is 2.27. The summed E-state index contributed by atoms with van der Waals surface area (Å²) in [5.74, 6) is 0.501. The van der Waals surface area contributed by atoms with E-state index < -0.39 is 10.0 Å². The van der Waals surface area contributed by atoms with Gasteiger partial charge in [-0.2, -0.15) is 4.31 Å². The molecule has 2 aromatic carbocycles. The standard InChI is InChI=1S/C27H33N3O3S2/c1-19-16-21(3)27-24(17-19)20(2)18-26(29-27)34-15-12-25(31)28-22-8-10-23(11-9-22)35(32,33)30-13-6-4-5-7-14-30/h8-11,16-18H,4-7,12-15H2,1-3H3,(H,28,31). The van der Waals surface area contributed by atoms with Crippen molar-refractivity contribution >= 4 is 44.3 Å². The third-order valence-corrected chi connectivity index (χ3v) is 9.18. The molecule has 0 aliphatic carbocycles. The molecule has 4 rings (SSSR count). The molecule has 1 amide bonds. The van der Waals surface area contributed by atoms with E-state index in [1.165, 1.54) is 16.5 Å². The third-order valence-electron chi connectivity index (χ3n) is 6.35. The average molecular weight is 512 g/mol. The summed E-state index contributed by atoms with van der Waals surface area (Å²) >= 11 is 1.57. The average Bonchev–Trinajstić information content (AvgIpc) is 3.11. The summed E-state index contributed by atoms with van der Waals surface area (Å²) in [5.41, 5.74) is 5.18. The quantitative estimate of drug-likeness (QED) is 0.403. The normalized spacial score (nSPS) is 15.2. The Kier molecular flexibility index (Phi) is 8.14. The Balaban J connectivity index is 1.33. The molecule has 1 aliphatic heterocycles. The maximum absolute atomic E-state index is 12.9. The Hall–Kier alpha value is -2.42. The highest BCUT2D eigenvalue weighted by Gasteiger charge is 2.25. The largest absolute Gasteiger partial charge is 0.326 e. The zero-order valence-electron chi connectivity index (χ0n) is 20.6. The highest BCUT2D eigenvalue weighted by atomic mass is 32.2. The summed E-state index contributed by atoms with van der Waals surface area (Å²) in [6.45, 7) is 7.41. The van der Waals surface area contributed by atoms with E-state index >= 15 is 0 Å². The summed E-state index contributed by atoms with van der Waals surface area (Å²) in [7, 11) is -3.49. The lowest BCUT2D eigenvalue weighted by atomic mass is 10.0. The maximum atomic E-state index is 12.9. The van der Waals surface area contributed by atoms with Crippen LogP contribution in [0.5, 0.6) is 0 Å². The van der Waals surface area contributed by atoms with E-state index in [-0.39, 0.29) is 10.8 Å². The molecule has 0 saturated carbocycles. The van der Waals surface area contributed by atoms with Gasteiger partial charge in [-0.1, -0.05) is 24.5 Å². The van der Waals surface area contributed by atoms with Crippen LogP contribution in [0.15, 0.2) is 52.4 Å². The first-order valence-electron chi connectivity index (χ1n) is 12.2.